The smallest absolute Gasteiger partial charge is 0.322 e. The number of carbonyl (C=O) groups is 1. The third-order valence-corrected chi connectivity index (χ3v) is 4.08. The van der Waals surface area contributed by atoms with E-state index in [1.165, 1.54) is 30.3 Å². The summed E-state index contributed by atoms with van der Waals surface area (Å²) in [5.74, 6) is -0.699. The van der Waals surface area contributed by atoms with Crippen LogP contribution in [0, 0.1) is 0 Å². The number of hydrogen-bond acceptors (Lipinski definition) is 3. The van der Waals surface area contributed by atoms with Crippen LogP contribution in [0.5, 0.6) is 0 Å². The molecule has 1 amide bonds. The predicted molar refractivity (Wildman–Crippen MR) is 78.9 cm³/mol. The first-order valence-electron chi connectivity index (χ1n) is 6.36. The van der Waals surface area contributed by atoms with Crippen molar-refractivity contribution in [2.45, 2.75) is 11.1 Å². The molecule has 0 saturated heterocycles. The summed E-state index contributed by atoms with van der Waals surface area (Å²) < 4.78 is 60.8. The maximum Gasteiger partial charge on any atom is 0.416 e. The van der Waals surface area contributed by atoms with Gasteiger partial charge in [0.25, 0.3) is 5.91 Å². The van der Waals surface area contributed by atoms with E-state index < -0.39 is 27.5 Å². The number of hydrogen-bond donors (Lipinski definition) is 1. The number of amides is 1. The Kier molecular flexibility index (Phi) is 4.46. The van der Waals surface area contributed by atoms with E-state index in [1.54, 1.807) is 0 Å². The highest BCUT2D eigenvalue weighted by Gasteiger charge is 2.30. The van der Waals surface area contributed by atoms with E-state index in [-0.39, 0.29) is 16.1 Å². The van der Waals surface area contributed by atoms with Gasteiger partial charge in [-0.05, 0) is 36.4 Å². The lowest BCUT2D eigenvalue weighted by molar-refractivity contribution is -0.137. The van der Waals surface area contributed by atoms with Crippen LogP contribution in [0.4, 0.5) is 18.9 Å². The lowest BCUT2D eigenvalue weighted by atomic mass is 10.1. The molecule has 4 nitrogen and oxygen atoms in total. The molecule has 0 aliphatic carbocycles. The maximum absolute atomic E-state index is 12.6. The number of carbonyl (C=O) groups excluding carboxylic acids is 1. The van der Waals surface area contributed by atoms with Crippen molar-refractivity contribution in [3.8, 4) is 0 Å². The minimum atomic E-state index is -4.52. The molecule has 0 aromatic heterocycles. The van der Waals surface area contributed by atoms with Crippen molar-refractivity contribution in [2.24, 2.45) is 0 Å². The van der Waals surface area contributed by atoms with E-state index in [9.17, 15) is 26.4 Å². The number of benzene rings is 2. The quantitative estimate of drug-likeness (QED) is 0.929. The van der Waals surface area contributed by atoms with Gasteiger partial charge in [0, 0.05) is 17.5 Å². The van der Waals surface area contributed by atoms with Gasteiger partial charge in [0.1, 0.15) is 0 Å². The molecule has 2 rings (SSSR count). The van der Waals surface area contributed by atoms with E-state index in [0.29, 0.717) is 0 Å². The SMILES string of the molecule is CS(=O)(=O)c1cccc(C(=O)Nc2cccc(C(F)(F)F)c2)c1. The van der Waals surface area contributed by atoms with Crippen LogP contribution in [0.15, 0.2) is 53.4 Å². The van der Waals surface area contributed by atoms with Crippen LogP contribution in [-0.2, 0) is 16.0 Å². The second-order valence-corrected chi connectivity index (χ2v) is 6.85. The third-order valence-electron chi connectivity index (χ3n) is 2.97. The highest BCUT2D eigenvalue weighted by atomic mass is 32.2. The number of nitrogens with one attached hydrogen (secondary N) is 1. The molecule has 122 valence electrons. The van der Waals surface area contributed by atoms with Gasteiger partial charge in [-0.3, -0.25) is 4.79 Å². The molecule has 1 N–H and O–H groups in total. The third kappa shape index (κ3) is 4.32. The number of alkyl halides is 3. The van der Waals surface area contributed by atoms with Crippen molar-refractivity contribution < 1.29 is 26.4 Å². The number of halogens is 3. The van der Waals surface area contributed by atoms with Gasteiger partial charge < -0.3 is 5.32 Å². The van der Waals surface area contributed by atoms with Crippen LogP contribution >= 0.6 is 0 Å². The Morgan fingerprint density at radius 3 is 2.30 bits per heavy atom. The molecule has 0 spiro atoms. The Morgan fingerprint density at radius 2 is 1.70 bits per heavy atom. The van der Waals surface area contributed by atoms with E-state index in [2.05, 4.69) is 5.32 Å². The van der Waals surface area contributed by atoms with Crippen molar-refractivity contribution in [1.29, 1.82) is 0 Å². The molecule has 0 radical (unpaired) electrons. The molecule has 0 bridgehead atoms. The Balaban J connectivity index is 2.27. The van der Waals surface area contributed by atoms with Gasteiger partial charge in [-0.25, -0.2) is 8.42 Å². The van der Waals surface area contributed by atoms with Crippen LogP contribution in [0.25, 0.3) is 0 Å². The first-order chi connectivity index (χ1) is 10.6. The van der Waals surface area contributed by atoms with Gasteiger partial charge in [-0.2, -0.15) is 13.2 Å². The Bertz CT molecular complexity index is 845. The van der Waals surface area contributed by atoms with Crippen molar-refractivity contribution in [2.75, 3.05) is 11.6 Å². The second-order valence-electron chi connectivity index (χ2n) is 4.83. The van der Waals surface area contributed by atoms with Gasteiger partial charge in [0.2, 0.25) is 0 Å². The Hall–Kier alpha value is -2.35. The lowest BCUT2D eigenvalue weighted by Crippen LogP contribution is -2.13. The molecule has 0 aliphatic heterocycles. The zero-order chi connectivity index (χ0) is 17.3. The number of sulfone groups is 1. The Labute approximate surface area is 130 Å². The first kappa shape index (κ1) is 17.0. The average Bonchev–Trinajstić information content (AvgIpc) is 2.46. The summed E-state index contributed by atoms with van der Waals surface area (Å²) in [5.41, 5.74) is -0.889. The number of rotatable bonds is 3. The number of anilines is 1. The summed E-state index contributed by atoms with van der Waals surface area (Å²) in [6, 6.07) is 9.43. The summed E-state index contributed by atoms with van der Waals surface area (Å²) >= 11 is 0. The van der Waals surface area contributed by atoms with Crippen LogP contribution in [0.3, 0.4) is 0 Å². The summed E-state index contributed by atoms with van der Waals surface area (Å²) in [6.45, 7) is 0. The molecule has 0 unspecified atom stereocenters. The molecule has 0 atom stereocenters. The maximum atomic E-state index is 12.6. The topological polar surface area (TPSA) is 63.2 Å². The standard InChI is InChI=1S/C15H12F3NO3S/c1-23(21,22)13-7-2-4-10(8-13)14(20)19-12-6-3-5-11(9-12)15(16,17)18/h2-9H,1H3,(H,19,20). The normalized spacial score (nSPS) is 12.0. The largest absolute Gasteiger partial charge is 0.416 e. The highest BCUT2D eigenvalue weighted by Crippen LogP contribution is 2.30. The molecular formula is C15H12F3NO3S. The molecular weight excluding hydrogens is 331 g/mol. The van der Waals surface area contributed by atoms with Gasteiger partial charge in [0.05, 0.1) is 10.5 Å². The van der Waals surface area contributed by atoms with Gasteiger partial charge in [-0.1, -0.05) is 12.1 Å². The van der Waals surface area contributed by atoms with Crippen molar-refractivity contribution in [3.05, 3.63) is 59.7 Å². The minimum absolute atomic E-state index is 0.0327. The Morgan fingerprint density at radius 1 is 1.04 bits per heavy atom. The van der Waals surface area contributed by atoms with Crippen molar-refractivity contribution in [3.63, 3.8) is 0 Å². The first-order valence-corrected chi connectivity index (χ1v) is 8.25. The molecule has 2 aromatic carbocycles. The fourth-order valence-electron chi connectivity index (χ4n) is 1.84. The van der Waals surface area contributed by atoms with Crippen LogP contribution in [0.2, 0.25) is 0 Å². The van der Waals surface area contributed by atoms with Crippen molar-refractivity contribution in [1.82, 2.24) is 0 Å². The molecule has 0 saturated carbocycles. The molecule has 0 aliphatic rings. The van der Waals surface area contributed by atoms with E-state index in [1.807, 2.05) is 0 Å². The minimum Gasteiger partial charge on any atom is -0.322 e. The molecule has 0 heterocycles. The van der Waals surface area contributed by atoms with Gasteiger partial charge in [0.15, 0.2) is 9.84 Å². The summed E-state index contributed by atoms with van der Waals surface area (Å²) in [5, 5.41) is 2.32. The zero-order valence-corrected chi connectivity index (χ0v) is 12.7. The van der Waals surface area contributed by atoms with Crippen LogP contribution in [0.1, 0.15) is 15.9 Å². The van der Waals surface area contributed by atoms with Crippen LogP contribution in [-0.4, -0.2) is 20.6 Å². The van der Waals surface area contributed by atoms with E-state index >= 15 is 0 Å². The zero-order valence-electron chi connectivity index (χ0n) is 11.9. The molecule has 0 fully saturated rings. The van der Waals surface area contributed by atoms with Gasteiger partial charge in [-0.15, -0.1) is 0 Å². The fraction of sp³-hybridized carbons (Fsp3) is 0.133. The average molecular weight is 343 g/mol. The van der Waals surface area contributed by atoms with Crippen molar-refractivity contribution >= 4 is 21.4 Å². The van der Waals surface area contributed by atoms with Crippen LogP contribution < -0.4 is 5.32 Å². The molecule has 23 heavy (non-hydrogen) atoms. The lowest BCUT2D eigenvalue weighted by Gasteiger charge is -2.10. The summed E-state index contributed by atoms with van der Waals surface area (Å²) in [7, 11) is -3.49. The fourth-order valence-corrected chi connectivity index (χ4v) is 2.51. The molecule has 2 aromatic rings. The second kappa shape index (κ2) is 6.04. The predicted octanol–water partition coefficient (Wildman–Crippen LogP) is 3.36. The summed E-state index contributed by atoms with van der Waals surface area (Å²) in [6.07, 6.45) is -3.52. The monoisotopic (exact) mass is 343 g/mol. The van der Waals surface area contributed by atoms with Gasteiger partial charge >= 0.3 is 6.18 Å². The van der Waals surface area contributed by atoms with E-state index in [0.717, 1.165) is 24.5 Å². The molecule has 8 heteroatoms. The van der Waals surface area contributed by atoms with E-state index in [4.69, 9.17) is 0 Å². The summed E-state index contributed by atoms with van der Waals surface area (Å²) in [4.78, 5) is 12.0. The highest BCUT2D eigenvalue weighted by molar-refractivity contribution is 7.90.